The van der Waals surface area contributed by atoms with E-state index < -0.39 is 0 Å². The first-order valence-corrected chi connectivity index (χ1v) is 9.15. The molecule has 1 aromatic heterocycles. The summed E-state index contributed by atoms with van der Waals surface area (Å²) in [7, 11) is 1.64. The summed E-state index contributed by atoms with van der Waals surface area (Å²) in [6.07, 6.45) is 6.52. The van der Waals surface area contributed by atoms with Gasteiger partial charge in [-0.1, -0.05) is 6.07 Å². The maximum Gasteiger partial charge on any atom is 0.253 e. The molecule has 1 fully saturated rings. The summed E-state index contributed by atoms with van der Waals surface area (Å²) in [6.45, 7) is 3.84. The maximum atomic E-state index is 12.4. The lowest BCUT2D eigenvalue weighted by molar-refractivity contribution is 0.0939. The van der Waals surface area contributed by atoms with Crippen molar-refractivity contribution in [3.8, 4) is 11.5 Å². The van der Waals surface area contributed by atoms with Crippen LogP contribution in [0.5, 0.6) is 11.5 Å². The highest BCUT2D eigenvalue weighted by Gasteiger charge is 2.19. The predicted octanol–water partition coefficient (Wildman–Crippen LogP) is 4.21. The molecule has 0 radical (unpaired) electrons. The minimum atomic E-state index is -0.154. The van der Waals surface area contributed by atoms with E-state index in [9.17, 15) is 4.79 Å². The molecule has 1 aliphatic carbocycles. The van der Waals surface area contributed by atoms with E-state index in [0.29, 0.717) is 11.3 Å². The molecule has 0 saturated heterocycles. The van der Waals surface area contributed by atoms with E-state index in [4.69, 9.17) is 9.47 Å². The summed E-state index contributed by atoms with van der Waals surface area (Å²) < 4.78 is 11.6. The van der Waals surface area contributed by atoms with Gasteiger partial charge in [-0.25, -0.2) is 0 Å². The molecule has 1 saturated carbocycles. The summed E-state index contributed by atoms with van der Waals surface area (Å²) in [5.41, 5.74) is 2.40. The van der Waals surface area contributed by atoms with Crippen molar-refractivity contribution < 1.29 is 14.3 Å². The van der Waals surface area contributed by atoms with Gasteiger partial charge in [-0.15, -0.1) is 0 Å². The Labute approximate surface area is 154 Å². The molecular weight excluding hydrogens is 328 g/mol. The van der Waals surface area contributed by atoms with Gasteiger partial charge in [-0.05, 0) is 69.4 Å². The molecule has 26 heavy (non-hydrogen) atoms. The lowest BCUT2D eigenvalue weighted by atomic mass is 10.1. The van der Waals surface area contributed by atoms with Crippen molar-refractivity contribution in [1.82, 2.24) is 10.3 Å². The number of methoxy groups -OCH3 is 1. The molecule has 2 aromatic rings. The zero-order chi connectivity index (χ0) is 18.5. The van der Waals surface area contributed by atoms with Gasteiger partial charge < -0.3 is 14.8 Å². The second-order valence-corrected chi connectivity index (χ2v) is 6.82. The number of pyridine rings is 1. The number of amides is 1. The third kappa shape index (κ3) is 4.34. The van der Waals surface area contributed by atoms with Gasteiger partial charge in [-0.2, -0.15) is 0 Å². The molecule has 0 bridgehead atoms. The Morgan fingerprint density at radius 3 is 2.62 bits per heavy atom. The van der Waals surface area contributed by atoms with Crippen molar-refractivity contribution in [1.29, 1.82) is 0 Å². The van der Waals surface area contributed by atoms with Gasteiger partial charge in [-0.3, -0.25) is 9.78 Å². The van der Waals surface area contributed by atoms with E-state index in [2.05, 4.69) is 10.3 Å². The highest BCUT2D eigenvalue weighted by Crippen LogP contribution is 2.33. The zero-order valence-corrected chi connectivity index (χ0v) is 15.6. The van der Waals surface area contributed by atoms with Crippen LogP contribution >= 0.6 is 0 Å². The summed E-state index contributed by atoms with van der Waals surface area (Å²) in [4.78, 5) is 16.6. The lowest BCUT2D eigenvalue weighted by Crippen LogP contribution is -2.26. The summed E-state index contributed by atoms with van der Waals surface area (Å²) in [5.74, 6) is 1.33. The first-order chi connectivity index (χ1) is 12.6. The number of rotatable bonds is 6. The van der Waals surface area contributed by atoms with Crippen molar-refractivity contribution in [2.75, 3.05) is 7.11 Å². The standard InChI is InChI=1S/C21H26N2O3/c1-14-8-9-17(13-22-14)21(24)23-15(2)16-10-11-19(20(12-16)25-3)26-18-6-4-5-7-18/h8-13,15,18H,4-7H2,1-3H3,(H,23,24)/t15-/m0/s1. The molecule has 138 valence electrons. The van der Waals surface area contributed by atoms with Crippen molar-refractivity contribution in [2.45, 2.75) is 51.7 Å². The van der Waals surface area contributed by atoms with E-state index in [1.165, 1.54) is 12.8 Å². The number of carbonyl (C=O) groups excluding carboxylic acids is 1. The van der Waals surface area contributed by atoms with Gasteiger partial charge >= 0.3 is 0 Å². The van der Waals surface area contributed by atoms with E-state index in [1.807, 2.05) is 38.1 Å². The molecule has 5 nitrogen and oxygen atoms in total. The van der Waals surface area contributed by atoms with Crippen LogP contribution in [-0.2, 0) is 0 Å². The van der Waals surface area contributed by atoms with Gasteiger partial charge in [0.25, 0.3) is 5.91 Å². The maximum absolute atomic E-state index is 12.4. The molecule has 3 rings (SSSR count). The van der Waals surface area contributed by atoms with E-state index in [-0.39, 0.29) is 18.1 Å². The molecule has 5 heteroatoms. The van der Waals surface area contributed by atoms with Crippen LogP contribution in [0.15, 0.2) is 36.5 Å². The van der Waals surface area contributed by atoms with E-state index in [0.717, 1.165) is 29.8 Å². The fourth-order valence-corrected chi connectivity index (χ4v) is 3.20. The normalized spacial score (nSPS) is 15.5. The number of carbonyl (C=O) groups is 1. The largest absolute Gasteiger partial charge is 0.493 e. The first kappa shape index (κ1) is 18.2. The van der Waals surface area contributed by atoms with Crippen LogP contribution in [0.3, 0.4) is 0 Å². The average Bonchev–Trinajstić information content (AvgIpc) is 3.15. The minimum Gasteiger partial charge on any atom is -0.493 e. The van der Waals surface area contributed by atoms with Crippen LogP contribution in [0.25, 0.3) is 0 Å². The quantitative estimate of drug-likeness (QED) is 0.844. The Morgan fingerprint density at radius 2 is 1.96 bits per heavy atom. The second kappa shape index (κ2) is 8.21. The smallest absolute Gasteiger partial charge is 0.253 e. The summed E-state index contributed by atoms with van der Waals surface area (Å²) in [6, 6.07) is 9.30. The molecule has 1 heterocycles. The minimum absolute atomic E-state index is 0.143. The molecule has 1 aromatic carbocycles. The van der Waals surface area contributed by atoms with Gasteiger partial charge in [0, 0.05) is 11.9 Å². The molecule has 1 amide bonds. The van der Waals surface area contributed by atoms with Gasteiger partial charge in [0.15, 0.2) is 11.5 Å². The van der Waals surface area contributed by atoms with Crippen molar-refractivity contribution in [3.63, 3.8) is 0 Å². The number of nitrogens with one attached hydrogen (secondary N) is 1. The number of hydrogen-bond acceptors (Lipinski definition) is 4. The third-order valence-electron chi connectivity index (χ3n) is 4.80. The van der Waals surface area contributed by atoms with Crippen LogP contribution in [0.4, 0.5) is 0 Å². The Kier molecular flexibility index (Phi) is 5.76. The number of aryl methyl sites for hydroxylation is 1. The fourth-order valence-electron chi connectivity index (χ4n) is 3.20. The number of hydrogen-bond donors (Lipinski definition) is 1. The van der Waals surface area contributed by atoms with Gasteiger partial charge in [0.2, 0.25) is 0 Å². The van der Waals surface area contributed by atoms with Crippen LogP contribution in [0.2, 0.25) is 0 Å². The molecule has 1 atom stereocenters. The molecule has 0 aliphatic heterocycles. The average molecular weight is 354 g/mol. The van der Waals surface area contributed by atoms with Crippen molar-refractivity contribution >= 4 is 5.91 Å². The van der Waals surface area contributed by atoms with Crippen molar-refractivity contribution in [3.05, 3.63) is 53.3 Å². The molecular formula is C21H26N2O3. The van der Waals surface area contributed by atoms with E-state index >= 15 is 0 Å². The SMILES string of the molecule is COc1cc([C@H](C)NC(=O)c2ccc(C)nc2)ccc1OC1CCCC1. The second-order valence-electron chi connectivity index (χ2n) is 6.82. The Balaban J connectivity index is 1.69. The van der Waals surface area contributed by atoms with E-state index in [1.54, 1.807) is 19.4 Å². The molecule has 0 unspecified atom stereocenters. The summed E-state index contributed by atoms with van der Waals surface area (Å²) in [5, 5.41) is 3.00. The molecule has 0 spiro atoms. The van der Waals surface area contributed by atoms with Crippen molar-refractivity contribution in [2.24, 2.45) is 0 Å². The topological polar surface area (TPSA) is 60.5 Å². The zero-order valence-electron chi connectivity index (χ0n) is 15.6. The Morgan fingerprint density at radius 1 is 1.19 bits per heavy atom. The third-order valence-corrected chi connectivity index (χ3v) is 4.80. The van der Waals surface area contributed by atoms with Gasteiger partial charge in [0.05, 0.1) is 24.8 Å². The van der Waals surface area contributed by atoms with Crippen LogP contribution in [-0.4, -0.2) is 24.1 Å². The Hall–Kier alpha value is -2.56. The lowest BCUT2D eigenvalue weighted by Gasteiger charge is -2.19. The molecule has 1 N–H and O–H groups in total. The fraction of sp³-hybridized carbons (Fsp3) is 0.429. The first-order valence-electron chi connectivity index (χ1n) is 9.15. The number of aromatic nitrogens is 1. The van der Waals surface area contributed by atoms with Gasteiger partial charge in [0.1, 0.15) is 0 Å². The Bertz CT molecular complexity index is 752. The van der Waals surface area contributed by atoms with Crippen LogP contribution < -0.4 is 14.8 Å². The highest BCUT2D eigenvalue weighted by atomic mass is 16.5. The van der Waals surface area contributed by atoms with Crippen LogP contribution in [0.1, 0.15) is 60.3 Å². The monoisotopic (exact) mass is 354 g/mol. The summed E-state index contributed by atoms with van der Waals surface area (Å²) >= 11 is 0. The predicted molar refractivity (Wildman–Crippen MR) is 101 cm³/mol. The highest BCUT2D eigenvalue weighted by molar-refractivity contribution is 5.94. The van der Waals surface area contributed by atoms with Crippen LogP contribution in [0, 0.1) is 6.92 Å². The number of ether oxygens (including phenoxy) is 2. The number of benzene rings is 1. The number of nitrogens with zero attached hydrogens (tertiary/aromatic N) is 1. The molecule has 1 aliphatic rings.